The third-order valence-electron chi connectivity index (χ3n) is 6.72. The normalized spacial score (nSPS) is 20.3. The van der Waals surface area contributed by atoms with E-state index in [2.05, 4.69) is 46.3 Å². The first-order chi connectivity index (χ1) is 16.3. The van der Waals surface area contributed by atoms with Gasteiger partial charge in [0, 0.05) is 48.4 Å². The highest BCUT2D eigenvalue weighted by atomic mass is 16.2. The van der Waals surface area contributed by atoms with Crippen LogP contribution in [-0.4, -0.2) is 48.1 Å². The zero-order valence-electron chi connectivity index (χ0n) is 18.8. The minimum Gasteiger partial charge on any atom is -0.323 e. The number of benzene rings is 3. The summed E-state index contributed by atoms with van der Waals surface area (Å²) in [5.74, 6) is 6.94. The molecule has 2 aliphatic rings. The minimum absolute atomic E-state index is 0.000217. The van der Waals surface area contributed by atoms with E-state index in [9.17, 15) is 4.79 Å². The van der Waals surface area contributed by atoms with Crippen molar-refractivity contribution in [3.63, 3.8) is 0 Å². The molecule has 0 aliphatic carbocycles. The maximum Gasteiger partial charge on any atom is 0.321 e. The molecule has 2 saturated heterocycles. The van der Waals surface area contributed by atoms with Gasteiger partial charge >= 0.3 is 6.03 Å². The zero-order valence-corrected chi connectivity index (χ0v) is 18.8. The van der Waals surface area contributed by atoms with Gasteiger partial charge in [0.1, 0.15) is 0 Å². The lowest BCUT2D eigenvalue weighted by atomic mass is 9.91. The van der Waals surface area contributed by atoms with E-state index in [1.54, 1.807) is 0 Å². The third-order valence-corrected chi connectivity index (χ3v) is 6.72. The predicted molar refractivity (Wildman–Crippen MR) is 133 cm³/mol. The van der Waals surface area contributed by atoms with Crippen molar-refractivity contribution in [2.45, 2.75) is 24.8 Å². The smallest absolute Gasteiger partial charge is 0.321 e. The van der Waals surface area contributed by atoms with Crippen molar-refractivity contribution in [3.8, 4) is 11.8 Å². The molecule has 166 valence electrons. The quantitative estimate of drug-likeness (QED) is 0.563. The zero-order chi connectivity index (χ0) is 22.5. The summed E-state index contributed by atoms with van der Waals surface area (Å²) < 4.78 is 0. The molecule has 33 heavy (non-hydrogen) atoms. The van der Waals surface area contributed by atoms with Gasteiger partial charge in [-0.2, -0.15) is 0 Å². The van der Waals surface area contributed by atoms with Gasteiger partial charge in [-0.3, -0.25) is 4.90 Å². The fraction of sp³-hybridized carbons (Fsp3) is 0.276. The molecule has 2 amide bonds. The molecule has 0 radical (unpaired) electrons. The number of fused-ring (bicyclic) bond motifs is 1. The highest BCUT2D eigenvalue weighted by molar-refractivity contribution is 5.89. The van der Waals surface area contributed by atoms with Crippen molar-refractivity contribution >= 4 is 11.7 Å². The molecular formula is C29H29N3O. The molecule has 0 bridgehead atoms. The van der Waals surface area contributed by atoms with E-state index >= 15 is 0 Å². The van der Waals surface area contributed by atoms with Gasteiger partial charge in [-0.05, 0) is 61.3 Å². The lowest BCUT2D eigenvalue weighted by Crippen LogP contribution is -2.43. The number of hydrogen-bond acceptors (Lipinski definition) is 2. The Hall–Kier alpha value is -3.55. The van der Waals surface area contributed by atoms with Crippen LogP contribution in [0.3, 0.4) is 0 Å². The Kier molecular flexibility index (Phi) is 6.41. The van der Waals surface area contributed by atoms with E-state index in [0.29, 0.717) is 12.0 Å². The number of carbonyl (C=O) groups excluding carboxylic acids is 1. The van der Waals surface area contributed by atoms with Crippen LogP contribution in [-0.2, 0) is 0 Å². The fourth-order valence-electron chi connectivity index (χ4n) is 5.00. The summed E-state index contributed by atoms with van der Waals surface area (Å²) in [7, 11) is 0. The Morgan fingerprint density at radius 1 is 0.788 bits per heavy atom. The highest BCUT2D eigenvalue weighted by Gasteiger charge is 2.38. The number of carbonyl (C=O) groups is 1. The summed E-state index contributed by atoms with van der Waals surface area (Å²) in [4.78, 5) is 17.5. The summed E-state index contributed by atoms with van der Waals surface area (Å²) in [6.07, 6.45) is 2.15. The van der Waals surface area contributed by atoms with E-state index in [1.807, 2.05) is 65.6 Å². The van der Waals surface area contributed by atoms with E-state index in [1.165, 1.54) is 5.56 Å². The van der Waals surface area contributed by atoms with Crippen molar-refractivity contribution in [1.29, 1.82) is 0 Å². The Morgan fingerprint density at radius 2 is 1.45 bits per heavy atom. The molecule has 2 atom stereocenters. The number of anilines is 1. The fourth-order valence-corrected chi connectivity index (χ4v) is 5.00. The third kappa shape index (κ3) is 5.10. The number of amides is 2. The Bertz CT molecular complexity index is 1130. The van der Waals surface area contributed by atoms with E-state index in [-0.39, 0.29) is 6.03 Å². The van der Waals surface area contributed by atoms with Crippen molar-refractivity contribution in [3.05, 3.63) is 102 Å². The van der Waals surface area contributed by atoms with Crippen LogP contribution >= 0.6 is 0 Å². The molecule has 4 nitrogen and oxygen atoms in total. The summed E-state index contributed by atoms with van der Waals surface area (Å²) in [6.45, 7) is 3.71. The second-order valence-electron chi connectivity index (χ2n) is 8.83. The molecule has 2 fully saturated rings. The number of urea groups is 1. The molecular weight excluding hydrogens is 406 g/mol. The molecule has 0 aromatic heterocycles. The van der Waals surface area contributed by atoms with Gasteiger partial charge in [-0.15, -0.1) is 0 Å². The lowest BCUT2D eigenvalue weighted by Gasteiger charge is -2.30. The van der Waals surface area contributed by atoms with Gasteiger partial charge < -0.3 is 10.2 Å². The van der Waals surface area contributed by atoms with Crippen molar-refractivity contribution < 1.29 is 4.79 Å². The minimum atomic E-state index is 0.000217. The van der Waals surface area contributed by atoms with E-state index in [4.69, 9.17) is 0 Å². The summed E-state index contributed by atoms with van der Waals surface area (Å²) in [5, 5.41) is 3.06. The predicted octanol–water partition coefficient (Wildman–Crippen LogP) is 5.18. The SMILES string of the molecule is O=C(Nc1ccccc1)N1CCCN2CC[C@H](c3ccc(C#Cc4ccccc4)cc3)[C@@H]2C1. The van der Waals surface area contributed by atoms with Crippen LogP contribution in [0.5, 0.6) is 0 Å². The second kappa shape index (κ2) is 9.94. The lowest BCUT2D eigenvalue weighted by molar-refractivity contribution is 0.197. The Morgan fingerprint density at radius 3 is 2.18 bits per heavy atom. The van der Waals surface area contributed by atoms with Crippen LogP contribution in [0.15, 0.2) is 84.9 Å². The largest absolute Gasteiger partial charge is 0.323 e. The molecule has 5 rings (SSSR count). The second-order valence-corrected chi connectivity index (χ2v) is 8.83. The average molecular weight is 436 g/mol. The van der Waals surface area contributed by atoms with Gasteiger partial charge in [0.15, 0.2) is 0 Å². The molecule has 0 saturated carbocycles. The molecule has 2 heterocycles. The molecule has 2 aliphatic heterocycles. The first-order valence-corrected chi connectivity index (χ1v) is 11.8. The van der Waals surface area contributed by atoms with Gasteiger partial charge in [-0.25, -0.2) is 4.79 Å². The summed E-state index contributed by atoms with van der Waals surface area (Å²) >= 11 is 0. The maximum atomic E-state index is 13.0. The average Bonchev–Trinajstić information content (AvgIpc) is 3.13. The van der Waals surface area contributed by atoms with E-state index in [0.717, 1.165) is 55.8 Å². The number of nitrogens with one attached hydrogen (secondary N) is 1. The number of nitrogens with zero attached hydrogens (tertiary/aromatic N) is 2. The summed E-state index contributed by atoms with van der Waals surface area (Å²) in [5.41, 5.74) is 4.25. The van der Waals surface area contributed by atoms with Crippen molar-refractivity contribution in [2.75, 3.05) is 31.5 Å². The Labute approximate surface area is 196 Å². The van der Waals surface area contributed by atoms with Crippen LogP contribution < -0.4 is 5.32 Å². The molecule has 3 aromatic carbocycles. The van der Waals surface area contributed by atoms with Gasteiger partial charge in [0.05, 0.1) is 0 Å². The van der Waals surface area contributed by atoms with Gasteiger partial charge in [0.25, 0.3) is 0 Å². The molecule has 1 N–H and O–H groups in total. The number of rotatable bonds is 2. The highest BCUT2D eigenvalue weighted by Crippen LogP contribution is 2.35. The summed E-state index contributed by atoms with van der Waals surface area (Å²) in [6, 6.07) is 28.9. The number of hydrogen-bond donors (Lipinski definition) is 1. The molecule has 3 aromatic rings. The van der Waals surface area contributed by atoms with Crippen LogP contribution in [0.2, 0.25) is 0 Å². The van der Waals surface area contributed by atoms with Crippen LogP contribution in [0.25, 0.3) is 0 Å². The first kappa shape index (κ1) is 21.3. The van der Waals surface area contributed by atoms with E-state index < -0.39 is 0 Å². The molecule has 4 heteroatoms. The maximum absolute atomic E-state index is 13.0. The molecule has 0 unspecified atom stereocenters. The van der Waals surface area contributed by atoms with Gasteiger partial charge in [-0.1, -0.05) is 60.4 Å². The van der Waals surface area contributed by atoms with Gasteiger partial charge in [0.2, 0.25) is 0 Å². The van der Waals surface area contributed by atoms with Crippen LogP contribution in [0.1, 0.15) is 35.4 Å². The van der Waals surface area contributed by atoms with Crippen LogP contribution in [0.4, 0.5) is 10.5 Å². The van der Waals surface area contributed by atoms with Crippen LogP contribution in [0, 0.1) is 11.8 Å². The molecule has 0 spiro atoms. The monoisotopic (exact) mass is 435 g/mol. The number of para-hydroxylation sites is 1. The van der Waals surface area contributed by atoms with Crippen molar-refractivity contribution in [1.82, 2.24) is 9.80 Å². The van der Waals surface area contributed by atoms with Crippen molar-refractivity contribution in [2.24, 2.45) is 0 Å². The standard InChI is InChI=1S/C29H29N3O/c33-29(30-26-10-5-2-6-11-26)32-20-7-19-31-21-18-27(28(31)22-32)25-16-14-24(15-17-25)13-12-23-8-3-1-4-9-23/h1-6,8-11,14-17,27-28H,7,18-22H2,(H,30,33)/t27-,28+/m1/s1. The topological polar surface area (TPSA) is 35.6 Å². The first-order valence-electron chi connectivity index (χ1n) is 11.8. The Balaban J connectivity index is 1.28.